The van der Waals surface area contributed by atoms with E-state index in [-0.39, 0.29) is 0 Å². The van der Waals surface area contributed by atoms with Gasteiger partial charge in [0.25, 0.3) is 0 Å². The van der Waals surface area contributed by atoms with Crippen molar-refractivity contribution in [2.45, 2.75) is 25.8 Å². The van der Waals surface area contributed by atoms with Gasteiger partial charge in [-0.3, -0.25) is 0 Å². The van der Waals surface area contributed by atoms with Gasteiger partial charge in [-0.15, -0.1) is 0 Å². The first-order chi connectivity index (χ1) is 4.79. The maximum Gasteiger partial charge on any atom is 0.141 e. The number of nitrogens with zero attached hydrogens (tertiary/aromatic N) is 3. The van der Waals surface area contributed by atoms with E-state index in [0.29, 0.717) is 6.04 Å². The molecular formula is C6H12N4. The molecule has 0 unspecified atom stereocenters. The highest BCUT2D eigenvalue weighted by molar-refractivity contribution is 5.79. The third-order valence-electron chi connectivity index (χ3n) is 1.56. The van der Waals surface area contributed by atoms with Crippen LogP contribution in [0.25, 0.3) is 0 Å². The third-order valence-corrected chi connectivity index (χ3v) is 1.56. The lowest BCUT2D eigenvalue weighted by Gasteiger charge is -2.15. The van der Waals surface area contributed by atoms with Gasteiger partial charge in [0.2, 0.25) is 0 Å². The van der Waals surface area contributed by atoms with Gasteiger partial charge in [-0.05, 0) is 19.8 Å². The maximum atomic E-state index is 5.07. The lowest BCUT2D eigenvalue weighted by Crippen LogP contribution is -2.26. The number of hydrazone groups is 2. The smallest absolute Gasteiger partial charge is 0.141 e. The Morgan fingerprint density at radius 1 is 1.70 bits per heavy atom. The summed E-state index contributed by atoms with van der Waals surface area (Å²) in [6.45, 7) is 5.26. The summed E-state index contributed by atoms with van der Waals surface area (Å²) in [6.07, 6.45) is 2.35. The number of hydrogen-bond donors (Lipinski definition) is 1. The van der Waals surface area contributed by atoms with E-state index in [9.17, 15) is 0 Å². The standard InChI is InChI=1S/C6H12N4/c1-5(9-7)10(8-2)6-3-4-6/h6H,2-4,7H2,1H3/b9-5-. The molecule has 0 aromatic carbocycles. The summed E-state index contributed by atoms with van der Waals surface area (Å²) >= 11 is 0. The lowest BCUT2D eigenvalue weighted by molar-refractivity contribution is 0.435. The molecule has 1 rings (SSSR count). The molecule has 0 spiro atoms. The summed E-state index contributed by atoms with van der Waals surface area (Å²) in [4.78, 5) is 0. The van der Waals surface area contributed by atoms with Crippen molar-refractivity contribution in [3.63, 3.8) is 0 Å². The highest BCUT2D eigenvalue weighted by Crippen LogP contribution is 2.26. The average Bonchev–Trinajstić information content (AvgIpc) is 2.73. The second kappa shape index (κ2) is 2.68. The summed E-state index contributed by atoms with van der Waals surface area (Å²) in [5.41, 5.74) is 0. The average molecular weight is 140 g/mol. The SMILES string of the molecule is C=NN(/C(C)=N\N)C1CC1. The van der Waals surface area contributed by atoms with E-state index in [4.69, 9.17) is 5.84 Å². The van der Waals surface area contributed by atoms with Crippen LogP contribution in [-0.2, 0) is 0 Å². The minimum absolute atomic E-state index is 0.504. The maximum absolute atomic E-state index is 5.07. The summed E-state index contributed by atoms with van der Waals surface area (Å²) in [7, 11) is 0. The van der Waals surface area contributed by atoms with Crippen molar-refractivity contribution in [3.8, 4) is 0 Å². The molecule has 4 heteroatoms. The van der Waals surface area contributed by atoms with Crippen LogP contribution in [0.3, 0.4) is 0 Å². The molecule has 0 amide bonds. The van der Waals surface area contributed by atoms with Crippen molar-refractivity contribution in [3.05, 3.63) is 0 Å². The fourth-order valence-electron chi connectivity index (χ4n) is 0.860. The fourth-order valence-corrected chi connectivity index (χ4v) is 0.860. The zero-order chi connectivity index (χ0) is 7.56. The van der Waals surface area contributed by atoms with Gasteiger partial charge in [-0.1, -0.05) is 0 Å². The van der Waals surface area contributed by atoms with Crippen molar-refractivity contribution in [1.82, 2.24) is 5.01 Å². The molecule has 0 radical (unpaired) electrons. The van der Waals surface area contributed by atoms with Crippen LogP contribution in [0.1, 0.15) is 19.8 Å². The molecular weight excluding hydrogens is 128 g/mol. The summed E-state index contributed by atoms with van der Waals surface area (Å²) < 4.78 is 0. The Bertz CT molecular complexity index is 159. The van der Waals surface area contributed by atoms with E-state index in [2.05, 4.69) is 16.9 Å². The van der Waals surface area contributed by atoms with Crippen LogP contribution in [-0.4, -0.2) is 23.6 Å². The van der Waals surface area contributed by atoms with Crippen molar-refractivity contribution in [2.24, 2.45) is 16.0 Å². The van der Waals surface area contributed by atoms with Crippen LogP contribution in [0, 0.1) is 0 Å². The monoisotopic (exact) mass is 140 g/mol. The molecule has 0 aliphatic heterocycles. The van der Waals surface area contributed by atoms with Crippen LogP contribution in [0.4, 0.5) is 0 Å². The molecule has 2 N–H and O–H groups in total. The van der Waals surface area contributed by atoms with E-state index in [1.165, 1.54) is 12.8 Å². The quantitative estimate of drug-likeness (QED) is 0.260. The molecule has 0 aromatic heterocycles. The Kier molecular flexibility index (Phi) is 1.89. The number of amidine groups is 1. The summed E-state index contributed by atoms with van der Waals surface area (Å²) in [5, 5.41) is 9.09. The Morgan fingerprint density at radius 2 is 2.30 bits per heavy atom. The zero-order valence-corrected chi connectivity index (χ0v) is 6.12. The fraction of sp³-hybridized carbons (Fsp3) is 0.667. The Morgan fingerprint density at radius 3 is 2.60 bits per heavy atom. The van der Waals surface area contributed by atoms with Crippen LogP contribution in [0.15, 0.2) is 10.2 Å². The minimum Gasteiger partial charge on any atom is -0.322 e. The Balaban J connectivity index is 2.54. The molecule has 1 saturated carbocycles. The normalized spacial score (nSPS) is 18.7. The van der Waals surface area contributed by atoms with Gasteiger partial charge < -0.3 is 5.84 Å². The molecule has 1 aliphatic rings. The minimum atomic E-state index is 0.504. The predicted octanol–water partition coefficient (Wildman–Crippen LogP) is 0.358. The van der Waals surface area contributed by atoms with Gasteiger partial charge >= 0.3 is 0 Å². The van der Waals surface area contributed by atoms with Gasteiger partial charge in [-0.25, -0.2) is 5.01 Å². The molecule has 56 valence electrons. The van der Waals surface area contributed by atoms with Crippen molar-refractivity contribution >= 4 is 12.6 Å². The first-order valence-electron chi connectivity index (χ1n) is 3.30. The first kappa shape index (κ1) is 7.05. The molecule has 10 heavy (non-hydrogen) atoms. The Hall–Kier alpha value is -1.06. The largest absolute Gasteiger partial charge is 0.322 e. The van der Waals surface area contributed by atoms with E-state index in [0.717, 1.165) is 5.84 Å². The molecule has 0 aromatic rings. The van der Waals surface area contributed by atoms with Crippen molar-refractivity contribution in [1.29, 1.82) is 0 Å². The molecule has 0 heterocycles. The molecule has 1 fully saturated rings. The topological polar surface area (TPSA) is 54.0 Å². The lowest BCUT2D eigenvalue weighted by atomic mass is 10.5. The van der Waals surface area contributed by atoms with Crippen LogP contribution in [0.2, 0.25) is 0 Å². The van der Waals surface area contributed by atoms with Gasteiger partial charge in [-0.2, -0.15) is 10.2 Å². The molecule has 0 saturated heterocycles. The van der Waals surface area contributed by atoms with E-state index >= 15 is 0 Å². The summed E-state index contributed by atoms with van der Waals surface area (Å²) in [5.74, 6) is 5.81. The second-order valence-electron chi connectivity index (χ2n) is 2.39. The van der Waals surface area contributed by atoms with Crippen molar-refractivity contribution in [2.75, 3.05) is 0 Å². The van der Waals surface area contributed by atoms with E-state index < -0.39 is 0 Å². The van der Waals surface area contributed by atoms with E-state index in [1.807, 2.05) is 6.92 Å². The van der Waals surface area contributed by atoms with E-state index in [1.54, 1.807) is 5.01 Å². The predicted molar refractivity (Wildman–Crippen MR) is 41.7 cm³/mol. The third kappa shape index (κ3) is 1.26. The molecule has 4 nitrogen and oxygen atoms in total. The van der Waals surface area contributed by atoms with Crippen LogP contribution >= 0.6 is 0 Å². The highest BCUT2D eigenvalue weighted by atomic mass is 15.5. The van der Waals surface area contributed by atoms with Crippen molar-refractivity contribution < 1.29 is 0 Å². The van der Waals surface area contributed by atoms with Crippen LogP contribution < -0.4 is 5.84 Å². The first-order valence-corrected chi connectivity index (χ1v) is 3.30. The number of nitrogens with two attached hydrogens (primary N) is 1. The molecule has 1 aliphatic carbocycles. The van der Waals surface area contributed by atoms with Gasteiger partial charge in [0, 0.05) is 6.72 Å². The van der Waals surface area contributed by atoms with Crippen LogP contribution in [0.5, 0.6) is 0 Å². The second-order valence-corrected chi connectivity index (χ2v) is 2.39. The highest BCUT2D eigenvalue weighted by Gasteiger charge is 2.29. The number of rotatable bonds is 2. The Labute approximate surface area is 60.4 Å². The summed E-state index contributed by atoms with van der Waals surface area (Å²) in [6, 6.07) is 0.504. The zero-order valence-electron chi connectivity index (χ0n) is 6.12. The van der Waals surface area contributed by atoms with Gasteiger partial charge in [0.15, 0.2) is 0 Å². The molecule has 0 atom stereocenters. The van der Waals surface area contributed by atoms with Gasteiger partial charge in [0.1, 0.15) is 5.84 Å². The molecule has 0 bridgehead atoms. The number of hydrogen-bond acceptors (Lipinski definition) is 3. The van der Waals surface area contributed by atoms with Gasteiger partial charge in [0.05, 0.1) is 6.04 Å².